The lowest BCUT2D eigenvalue weighted by molar-refractivity contribution is 0.572. The van der Waals surface area contributed by atoms with E-state index in [0.717, 1.165) is 35.0 Å². The molecule has 32 heavy (non-hydrogen) atoms. The number of benzene rings is 2. The Labute approximate surface area is 204 Å². The SMILES string of the molecule is CCNC(=NCc1ccc(-n2cncn2)cc1)NCc1coc(-c2ccc(C)cc2)n1.I. The first-order valence-corrected chi connectivity index (χ1v) is 10.2. The number of aryl methyl sites for hydroxylation is 1. The van der Waals surface area contributed by atoms with Crippen molar-refractivity contribution in [2.75, 3.05) is 6.54 Å². The molecular weight excluding hydrogens is 517 g/mol. The van der Waals surface area contributed by atoms with Crippen molar-refractivity contribution in [1.29, 1.82) is 0 Å². The standard InChI is InChI=1S/C23H25N7O.HI/c1-3-25-23(26-12-18-6-10-21(11-7-18)30-16-24-15-28-30)27-13-20-14-31-22(29-20)19-8-4-17(2)5-9-19;/h4-11,14-16H,3,12-13H2,1-2H3,(H2,25,26,27);1H. The molecule has 0 spiro atoms. The minimum atomic E-state index is 0. The second kappa shape index (κ2) is 11.4. The van der Waals surface area contributed by atoms with Gasteiger partial charge in [-0.25, -0.2) is 19.6 Å². The summed E-state index contributed by atoms with van der Waals surface area (Å²) in [4.78, 5) is 13.2. The lowest BCUT2D eigenvalue weighted by Gasteiger charge is -2.10. The number of nitrogens with zero attached hydrogens (tertiary/aromatic N) is 5. The van der Waals surface area contributed by atoms with Crippen molar-refractivity contribution < 1.29 is 4.42 Å². The summed E-state index contributed by atoms with van der Waals surface area (Å²) in [5, 5.41) is 10.7. The molecule has 0 aliphatic rings. The van der Waals surface area contributed by atoms with E-state index in [1.807, 2.05) is 55.5 Å². The molecule has 0 aliphatic heterocycles. The van der Waals surface area contributed by atoms with Crippen molar-refractivity contribution in [3.8, 4) is 17.1 Å². The minimum absolute atomic E-state index is 0. The van der Waals surface area contributed by atoms with Crippen LogP contribution in [-0.4, -0.2) is 32.3 Å². The summed E-state index contributed by atoms with van der Waals surface area (Å²) in [5.41, 5.74) is 5.05. The molecule has 0 saturated carbocycles. The molecule has 0 atom stereocenters. The monoisotopic (exact) mass is 543 g/mol. The van der Waals surface area contributed by atoms with Crippen molar-refractivity contribution in [2.45, 2.75) is 26.9 Å². The second-order valence-corrected chi connectivity index (χ2v) is 7.07. The molecule has 166 valence electrons. The maximum absolute atomic E-state index is 5.63. The second-order valence-electron chi connectivity index (χ2n) is 7.07. The van der Waals surface area contributed by atoms with Gasteiger partial charge in [0.1, 0.15) is 18.9 Å². The summed E-state index contributed by atoms with van der Waals surface area (Å²) in [7, 11) is 0. The first kappa shape index (κ1) is 23.5. The molecule has 4 rings (SSSR count). The Kier molecular flexibility index (Phi) is 8.37. The van der Waals surface area contributed by atoms with Crippen LogP contribution in [0.2, 0.25) is 0 Å². The van der Waals surface area contributed by atoms with Gasteiger partial charge in [0.05, 0.1) is 24.5 Å². The molecular formula is C23H26IN7O. The Morgan fingerprint density at radius 2 is 1.84 bits per heavy atom. The smallest absolute Gasteiger partial charge is 0.226 e. The van der Waals surface area contributed by atoms with Gasteiger partial charge in [-0.2, -0.15) is 5.10 Å². The number of rotatable bonds is 7. The van der Waals surface area contributed by atoms with Gasteiger partial charge in [0.15, 0.2) is 5.96 Å². The number of guanidine groups is 1. The molecule has 2 heterocycles. The topological polar surface area (TPSA) is 93.2 Å². The van der Waals surface area contributed by atoms with Crippen molar-refractivity contribution in [3.05, 3.63) is 84.3 Å². The van der Waals surface area contributed by atoms with Gasteiger partial charge in [0, 0.05) is 12.1 Å². The third kappa shape index (κ3) is 6.16. The van der Waals surface area contributed by atoms with Gasteiger partial charge in [0.25, 0.3) is 0 Å². The Morgan fingerprint density at radius 1 is 1.06 bits per heavy atom. The fourth-order valence-corrected chi connectivity index (χ4v) is 3.00. The molecule has 0 unspecified atom stereocenters. The lowest BCUT2D eigenvalue weighted by Crippen LogP contribution is -2.36. The van der Waals surface area contributed by atoms with Gasteiger partial charge >= 0.3 is 0 Å². The van der Waals surface area contributed by atoms with Crippen LogP contribution in [0.25, 0.3) is 17.1 Å². The van der Waals surface area contributed by atoms with Crippen molar-refractivity contribution in [3.63, 3.8) is 0 Å². The fraction of sp³-hybridized carbons (Fsp3) is 0.217. The van der Waals surface area contributed by atoms with Gasteiger partial charge < -0.3 is 15.1 Å². The van der Waals surface area contributed by atoms with Crippen molar-refractivity contribution in [1.82, 2.24) is 30.4 Å². The van der Waals surface area contributed by atoms with E-state index < -0.39 is 0 Å². The van der Waals surface area contributed by atoms with Gasteiger partial charge in [-0.3, -0.25) is 0 Å². The van der Waals surface area contributed by atoms with Crippen LogP contribution < -0.4 is 10.6 Å². The third-order valence-electron chi connectivity index (χ3n) is 4.67. The van der Waals surface area contributed by atoms with E-state index in [9.17, 15) is 0 Å². The van der Waals surface area contributed by atoms with Gasteiger partial charge in [-0.15, -0.1) is 24.0 Å². The normalized spacial score (nSPS) is 11.1. The van der Waals surface area contributed by atoms with Crippen LogP contribution >= 0.6 is 24.0 Å². The molecule has 2 N–H and O–H groups in total. The molecule has 2 aromatic heterocycles. The molecule has 0 fully saturated rings. The number of aromatic nitrogens is 4. The highest BCUT2D eigenvalue weighted by atomic mass is 127. The predicted octanol–water partition coefficient (Wildman–Crippen LogP) is 4.10. The number of oxazole rings is 1. The maximum atomic E-state index is 5.63. The molecule has 0 radical (unpaired) electrons. The third-order valence-corrected chi connectivity index (χ3v) is 4.67. The van der Waals surface area contributed by atoms with Gasteiger partial charge in [-0.05, 0) is 43.7 Å². The first-order chi connectivity index (χ1) is 15.2. The lowest BCUT2D eigenvalue weighted by atomic mass is 10.1. The van der Waals surface area contributed by atoms with Crippen LogP contribution in [0, 0.1) is 6.92 Å². The van der Waals surface area contributed by atoms with Crippen LogP contribution in [0.1, 0.15) is 23.7 Å². The number of nitrogens with one attached hydrogen (secondary N) is 2. The van der Waals surface area contributed by atoms with Crippen LogP contribution in [-0.2, 0) is 13.1 Å². The van der Waals surface area contributed by atoms with Gasteiger partial charge in [-0.1, -0.05) is 29.8 Å². The largest absolute Gasteiger partial charge is 0.444 e. The molecule has 0 aliphatic carbocycles. The molecule has 8 nitrogen and oxygen atoms in total. The number of hydrogen-bond acceptors (Lipinski definition) is 5. The highest BCUT2D eigenvalue weighted by Crippen LogP contribution is 2.19. The molecule has 9 heteroatoms. The quantitative estimate of drug-likeness (QED) is 0.207. The van der Waals surface area contributed by atoms with Crippen LogP contribution in [0.3, 0.4) is 0 Å². The summed E-state index contributed by atoms with van der Waals surface area (Å²) in [6.07, 6.45) is 4.87. The highest BCUT2D eigenvalue weighted by Gasteiger charge is 2.07. The zero-order chi connectivity index (χ0) is 21.5. The number of aliphatic imine (C=N–C) groups is 1. The average Bonchev–Trinajstić information content (AvgIpc) is 3.49. The Balaban J connectivity index is 0.00000289. The molecule has 0 amide bonds. The van der Waals surface area contributed by atoms with Crippen molar-refractivity contribution >= 4 is 29.9 Å². The van der Waals surface area contributed by atoms with Crippen LogP contribution in [0.15, 0.2) is 76.9 Å². The van der Waals surface area contributed by atoms with Crippen LogP contribution in [0.4, 0.5) is 0 Å². The summed E-state index contributed by atoms with van der Waals surface area (Å²) in [6.45, 7) is 5.94. The maximum Gasteiger partial charge on any atom is 0.226 e. The molecule has 4 aromatic rings. The average molecular weight is 543 g/mol. The number of hydrogen-bond donors (Lipinski definition) is 2. The van der Waals surface area contributed by atoms with E-state index in [0.29, 0.717) is 19.0 Å². The summed E-state index contributed by atoms with van der Waals surface area (Å²) >= 11 is 0. The fourth-order valence-electron chi connectivity index (χ4n) is 3.00. The molecule has 2 aromatic carbocycles. The van der Waals surface area contributed by atoms with E-state index in [1.54, 1.807) is 17.3 Å². The summed E-state index contributed by atoms with van der Waals surface area (Å²) < 4.78 is 7.35. The zero-order valence-electron chi connectivity index (χ0n) is 18.0. The van der Waals surface area contributed by atoms with E-state index in [2.05, 4.69) is 37.6 Å². The summed E-state index contributed by atoms with van der Waals surface area (Å²) in [6, 6.07) is 16.2. The molecule has 0 saturated heterocycles. The zero-order valence-corrected chi connectivity index (χ0v) is 20.4. The predicted molar refractivity (Wildman–Crippen MR) is 135 cm³/mol. The van der Waals surface area contributed by atoms with E-state index in [-0.39, 0.29) is 24.0 Å². The van der Waals surface area contributed by atoms with E-state index >= 15 is 0 Å². The van der Waals surface area contributed by atoms with Crippen LogP contribution in [0.5, 0.6) is 0 Å². The Hall–Kier alpha value is -3.21. The first-order valence-electron chi connectivity index (χ1n) is 10.2. The molecule has 0 bridgehead atoms. The van der Waals surface area contributed by atoms with E-state index in [1.165, 1.54) is 11.9 Å². The highest BCUT2D eigenvalue weighted by molar-refractivity contribution is 14.0. The number of halogens is 1. The Morgan fingerprint density at radius 3 is 2.53 bits per heavy atom. The summed E-state index contributed by atoms with van der Waals surface area (Å²) in [5.74, 6) is 1.34. The van der Waals surface area contributed by atoms with Gasteiger partial charge in [0.2, 0.25) is 5.89 Å². The Bertz CT molecular complexity index is 1120. The van der Waals surface area contributed by atoms with Crippen molar-refractivity contribution in [2.24, 2.45) is 4.99 Å². The minimum Gasteiger partial charge on any atom is -0.444 e. The van der Waals surface area contributed by atoms with E-state index in [4.69, 9.17) is 4.42 Å².